The average molecular weight is 429 g/mol. The molecule has 1 heterocycles. The van der Waals surface area contributed by atoms with E-state index in [1.54, 1.807) is 0 Å². The van der Waals surface area contributed by atoms with E-state index < -0.39 is 0 Å². The molecule has 0 bridgehead atoms. The van der Waals surface area contributed by atoms with E-state index in [4.69, 9.17) is 0 Å². The third kappa shape index (κ3) is 4.65. The Morgan fingerprint density at radius 2 is 1.66 bits per heavy atom. The van der Waals surface area contributed by atoms with Crippen LogP contribution in [0.5, 0.6) is 0 Å². The third-order valence-electron chi connectivity index (χ3n) is 6.41. The molecule has 29 heavy (non-hydrogen) atoms. The van der Waals surface area contributed by atoms with Crippen LogP contribution in [0, 0.1) is 0 Å². The highest BCUT2D eigenvalue weighted by Crippen LogP contribution is 2.50. The first-order valence-electron chi connectivity index (χ1n) is 11.0. The van der Waals surface area contributed by atoms with Crippen LogP contribution in [0.15, 0.2) is 58.3 Å². The highest BCUT2D eigenvalue weighted by Gasteiger charge is 2.45. The monoisotopic (exact) mass is 428 g/mol. The quantitative estimate of drug-likeness (QED) is 0.310. The second-order valence-electron chi connectivity index (χ2n) is 8.11. The predicted molar refractivity (Wildman–Crippen MR) is 132 cm³/mol. The van der Waals surface area contributed by atoms with Crippen molar-refractivity contribution in [3.63, 3.8) is 0 Å². The SMILES string of the molecule is CCCCC1(CCCC)C(C)N(c2ccccc2)c2cc(SC)ccc2SN1C. The van der Waals surface area contributed by atoms with Crippen LogP contribution in [0.3, 0.4) is 0 Å². The van der Waals surface area contributed by atoms with Gasteiger partial charge >= 0.3 is 0 Å². The number of benzene rings is 2. The normalized spacial score (nSPS) is 19.1. The molecular formula is C25H36N2S2. The van der Waals surface area contributed by atoms with Gasteiger partial charge in [0.05, 0.1) is 17.3 Å². The highest BCUT2D eigenvalue weighted by atomic mass is 32.2. The summed E-state index contributed by atoms with van der Waals surface area (Å²) in [6.45, 7) is 7.09. The summed E-state index contributed by atoms with van der Waals surface area (Å²) < 4.78 is 2.60. The van der Waals surface area contributed by atoms with Gasteiger partial charge in [-0.2, -0.15) is 0 Å². The first-order chi connectivity index (χ1) is 14.1. The number of unbranched alkanes of at least 4 members (excludes halogenated alkanes) is 2. The zero-order valence-corrected chi connectivity index (χ0v) is 20.3. The van der Waals surface area contributed by atoms with Gasteiger partial charge in [-0.25, -0.2) is 4.31 Å². The molecule has 158 valence electrons. The van der Waals surface area contributed by atoms with E-state index in [0.717, 1.165) is 0 Å². The minimum atomic E-state index is 0.144. The second kappa shape index (κ2) is 10.3. The number of para-hydroxylation sites is 1. The van der Waals surface area contributed by atoms with Gasteiger partial charge in [0.15, 0.2) is 0 Å². The van der Waals surface area contributed by atoms with Crippen molar-refractivity contribution in [2.45, 2.75) is 80.7 Å². The fourth-order valence-corrected chi connectivity index (χ4v) is 6.24. The molecule has 0 aromatic heterocycles. The van der Waals surface area contributed by atoms with E-state index >= 15 is 0 Å². The zero-order chi connectivity index (χ0) is 20.9. The number of hydrogen-bond donors (Lipinski definition) is 0. The first kappa shape index (κ1) is 22.6. The summed E-state index contributed by atoms with van der Waals surface area (Å²) in [6.07, 6.45) is 9.67. The summed E-state index contributed by atoms with van der Waals surface area (Å²) in [5.74, 6) is 0. The number of thioether (sulfide) groups is 1. The maximum absolute atomic E-state index is 2.62. The molecule has 0 saturated carbocycles. The van der Waals surface area contributed by atoms with Crippen LogP contribution in [-0.2, 0) is 0 Å². The Morgan fingerprint density at radius 3 is 2.24 bits per heavy atom. The van der Waals surface area contributed by atoms with Crippen molar-refractivity contribution < 1.29 is 0 Å². The van der Waals surface area contributed by atoms with Gasteiger partial charge in [-0.1, -0.05) is 57.7 Å². The minimum Gasteiger partial charge on any atom is -0.336 e. The molecule has 0 aliphatic carbocycles. The fourth-order valence-electron chi connectivity index (χ4n) is 4.61. The molecule has 0 N–H and O–H groups in total. The molecular weight excluding hydrogens is 392 g/mol. The van der Waals surface area contributed by atoms with Crippen LogP contribution in [0.4, 0.5) is 11.4 Å². The summed E-state index contributed by atoms with van der Waals surface area (Å²) in [5, 5.41) is 0. The van der Waals surface area contributed by atoms with Crippen LogP contribution in [0.1, 0.15) is 59.3 Å². The van der Waals surface area contributed by atoms with Crippen LogP contribution in [0.25, 0.3) is 0 Å². The minimum absolute atomic E-state index is 0.144. The summed E-state index contributed by atoms with van der Waals surface area (Å²) in [4.78, 5) is 5.31. The van der Waals surface area contributed by atoms with E-state index in [1.165, 1.54) is 59.7 Å². The Balaban J connectivity index is 2.18. The lowest BCUT2D eigenvalue weighted by Gasteiger charge is -2.48. The van der Waals surface area contributed by atoms with E-state index in [-0.39, 0.29) is 5.54 Å². The summed E-state index contributed by atoms with van der Waals surface area (Å²) in [6, 6.07) is 18.4. The molecule has 0 radical (unpaired) electrons. The Bertz CT molecular complexity index is 770. The maximum Gasteiger partial charge on any atom is 0.0576 e. The van der Waals surface area contributed by atoms with Crippen LogP contribution in [0.2, 0.25) is 0 Å². The Hall–Kier alpha value is -1.10. The molecule has 1 aliphatic heterocycles. The number of likely N-dealkylation sites (N-methyl/N-ethyl adjacent to an activating group) is 1. The molecule has 0 spiro atoms. The number of hydrogen-bond acceptors (Lipinski definition) is 4. The molecule has 4 heteroatoms. The van der Waals surface area contributed by atoms with Crippen LogP contribution < -0.4 is 4.90 Å². The van der Waals surface area contributed by atoms with Crippen molar-refractivity contribution in [3.05, 3.63) is 48.5 Å². The lowest BCUT2D eigenvalue weighted by molar-refractivity contribution is 0.159. The molecule has 2 aromatic rings. The first-order valence-corrected chi connectivity index (χ1v) is 13.0. The van der Waals surface area contributed by atoms with E-state index in [1.807, 2.05) is 23.7 Å². The molecule has 2 nitrogen and oxygen atoms in total. The molecule has 1 aliphatic rings. The summed E-state index contributed by atoms with van der Waals surface area (Å²) in [7, 11) is 2.33. The van der Waals surface area contributed by atoms with E-state index in [9.17, 15) is 0 Å². The van der Waals surface area contributed by atoms with Gasteiger partial charge < -0.3 is 4.90 Å². The maximum atomic E-state index is 2.62. The molecule has 2 aromatic carbocycles. The molecule has 0 fully saturated rings. The smallest absolute Gasteiger partial charge is 0.0576 e. The summed E-state index contributed by atoms with van der Waals surface area (Å²) >= 11 is 3.77. The van der Waals surface area contributed by atoms with Gasteiger partial charge in [-0.3, -0.25) is 0 Å². The fraction of sp³-hybridized carbons (Fsp3) is 0.520. The Labute approximate surface area is 186 Å². The van der Waals surface area contributed by atoms with E-state index in [0.29, 0.717) is 6.04 Å². The molecule has 3 rings (SSSR count). The number of rotatable bonds is 8. The van der Waals surface area contributed by atoms with E-state index in [2.05, 4.69) is 91.8 Å². The van der Waals surface area contributed by atoms with Gasteiger partial charge in [-0.15, -0.1) is 11.8 Å². The van der Waals surface area contributed by atoms with Crippen LogP contribution in [-0.4, -0.2) is 29.2 Å². The van der Waals surface area contributed by atoms with Crippen molar-refractivity contribution in [1.29, 1.82) is 0 Å². The lowest BCUT2D eigenvalue weighted by Crippen LogP contribution is -2.56. The Kier molecular flexibility index (Phi) is 8.00. The van der Waals surface area contributed by atoms with Crippen molar-refractivity contribution in [1.82, 2.24) is 4.31 Å². The Morgan fingerprint density at radius 1 is 1.00 bits per heavy atom. The van der Waals surface area contributed by atoms with Crippen molar-refractivity contribution >= 4 is 35.1 Å². The van der Waals surface area contributed by atoms with Gasteiger partial charge in [0.2, 0.25) is 0 Å². The second-order valence-corrected chi connectivity index (χ2v) is 10.2. The third-order valence-corrected chi connectivity index (χ3v) is 8.32. The van der Waals surface area contributed by atoms with Gasteiger partial charge in [-0.05, 0) is 75.3 Å². The number of nitrogens with zero attached hydrogens (tertiary/aromatic N) is 2. The summed E-state index contributed by atoms with van der Waals surface area (Å²) in [5.41, 5.74) is 2.79. The molecule has 0 amide bonds. The van der Waals surface area contributed by atoms with Crippen LogP contribution >= 0.6 is 23.7 Å². The number of fused-ring (bicyclic) bond motifs is 1. The zero-order valence-electron chi connectivity index (χ0n) is 18.6. The number of anilines is 2. The average Bonchev–Trinajstić information content (AvgIpc) is 2.83. The van der Waals surface area contributed by atoms with Crippen molar-refractivity contribution in [3.8, 4) is 0 Å². The van der Waals surface area contributed by atoms with Crippen molar-refractivity contribution in [2.24, 2.45) is 0 Å². The molecule has 0 saturated heterocycles. The predicted octanol–water partition coefficient (Wildman–Crippen LogP) is 8.01. The molecule has 1 unspecified atom stereocenters. The molecule has 1 atom stereocenters. The highest BCUT2D eigenvalue weighted by molar-refractivity contribution is 7.98. The largest absolute Gasteiger partial charge is 0.336 e. The lowest BCUT2D eigenvalue weighted by atomic mass is 9.80. The standard InChI is InChI=1S/C25H36N2S2/c1-6-8-17-25(18-9-7-2)20(3)27(21-13-11-10-12-14-21)23-19-22(28-5)15-16-24(23)29-26(25)4/h10-16,19-20H,6-9,17-18H2,1-5H3. The van der Waals surface area contributed by atoms with Gasteiger partial charge in [0, 0.05) is 15.5 Å². The van der Waals surface area contributed by atoms with Gasteiger partial charge in [0.25, 0.3) is 0 Å². The topological polar surface area (TPSA) is 6.48 Å². The van der Waals surface area contributed by atoms with Gasteiger partial charge in [0.1, 0.15) is 0 Å². The van der Waals surface area contributed by atoms with Crippen molar-refractivity contribution in [2.75, 3.05) is 18.2 Å².